The van der Waals surface area contributed by atoms with Crippen molar-refractivity contribution in [3.05, 3.63) is 82.3 Å². The molecule has 1 amide bonds. The minimum atomic E-state index is -4.09. The molecule has 0 saturated carbocycles. The Kier molecular flexibility index (Phi) is 8.79. The monoisotopic (exact) mass is 522 g/mol. The summed E-state index contributed by atoms with van der Waals surface area (Å²) in [6.07, 6.45) is 0.126. The van der Waals surface area contributed by atoms with E-state index in [1.165, 1.54) is 31.4 Å². The van der Waals surface area contributed by atoms with Crippen LogP contribution >= 0.6 is 23.2 Å². The van der Waals surface area contributed by atoms with E-state index in [1.807, 2.05) is 30.3 Å². The van der Waals surface area contributed by atoms with Crippen LogP contribution < -0.4 is 19.5 Å². The Morgan fingerprint density at radius 3 is 2.26 bits per heavy atom. The maximum absolute atomic E-state index is 13.1. The molecule has 34 heavy (non-hydrogen) atoms. The number of amides is 1. The zero-order valence-corrected chi connectivity index (χ0v) is 20.9. The molecular formula is C24H24Cl2N2O5S. The molecule has 0 aliphatic carbocycles. The average Bonchev–Trinajstić information content (AvgIpc) is 2.80. The molecule has 180 valence electrons. The van der Waals surface area contributed by atoms with Gasteiger partial charge in [0.1, 0.15) is 17.5 Å². The van der Waals surface area contributed by atoms with Crippen LogP contribution in [0.2, 0.25) is 10.0 Å². The maximum Gasteiger partial charge on any atom is 0.242 e. The molecule has 0 aliphatic heterocycles. The van der Waals surface area contributed by atoms with Crippen molar-refractivity contribution in [2.75, 3.05) is 19.0 Å². The summed E-state index contributed by atoms with van der Waals surface area (Å²) in [5.41, 5.74) is 1.18. The normalized spacial score (nSPS) is 12.1. The molecule has 7 nitrogen and oxygen atoms in total. The molecule has 3 aromatic rings. The molecule has 0 fully saturated rings. The molecule has 1 unspecified atom stereocenters. The van der Waals surface area contributed by atoms with Gasteiger partial charge < -0.3 is 14.8 Å². The first-order valence-corrected chi connectivity index (χ1v) is 12.6. The Bertz CT molecular complexity index is 1250. The number of methoxy groups -OCH3 is 1. The molecule has 1 atom stereocenters. The van der Waals surface area contributed by atoms with Crippen molar-refractivity contribution >= 4 is 44.8 Å². The van der Waals surface area contributed by atoms with E-state index < -0.39 is 22.0 Å². The summed E-state index contributed by atoms with van der Waals surface area (Å²) in [5, 5.41) is 3.18. The van der Waals surface area contributed by atoms with Crippen LogP contribution in [0.25, 0.3) is 0 Å². The highest BCUT2D eigenvalue weighted by atomic mass is 35.5. The Hall–Kier alpha value is -2.78. The fourth-order valence-electron chi connectivity index (χ4n) is 3.19. The van der Waals surface area contributed by atoms with Gasteiger partial charge in [-0.1, -0.05) is 53.5 Å². The minimum absolute atomic E-state index is 0.0840. The number of carbonyl (C=O) groups excluding carboxylic acids is 1. The van der Waals surface area contributed by atoms with Gasteiger partial charge in [-0.15, -0.1) is 0 Å². The summed E-state index contributed by atoms with van der Waals surface area (Å²) in [6, 6.07) is 16.9. The predicted molar refractivity (Wildman–Crippen MR) is 134 cm³/mol. The SMILES string of the molecule is CCOc1ccc(S(=O)(=O)NC(Cc2ccccc2)C(=O)Nc2ccc(OC)c(Cl)c2)cc1Cl. The number of benzene rings is 3. The second kappa shape index (κ2) is 11.6. The average molecular weight is 523 g/mol. The lowest BCUT2D eigenvalue weighted by molar-refractivity contribution is -0.117. The third-order valence-corrected chi connectivity index (χ3v) is 6.89. The fourth-order valence-corrected chi connectivity index (χ4v) is 4.97. The lowest BCUT2D eigenvalue weighted by atomic mass is 10.1. The number of sulfonamides is 1. The summed E-state index contributed by atoms with van der Waals surface area (Å²) in [4.78, 5) is 13.1. The molecule has 10 heteroatoms. The van der Waals surface area contributed by atoms with E-state index in [-0.39, 0.29) is 16.3 Å². The van der Waals surface area contributed by atoms with Crippen LogP contribution in [0, 0.1) is 0 Å². The number of hydrogen-bond donors (Lipinski definition) is 2. The molecule has 0 aromatic heterocycles. The molecule has 0 spiro atoms. The van der Waals surface area contributed by atoms with Crippen LogP contribution in [0.4, 0.5) is 5.69 Å². The lowest BCUT2D eigenvalue weighted by Gasteiger charge is -2.19. The Morgan fingerprint density at radius 1 is 0.971 bits per heavy atom. The topological polar surface area (TPSA) is 93.7 Å². The quantitative estimate of drug-likeness (QED) is 0.393. The van der Waals surface area contributed by atoms with E-state index >= 15 is 0 Å². The lowest BCUT2D eigenvalue weighted by Crippen LogP contribution is -2.45. The summed E-state index contributed by atoms with van der Waals surface area (Å²) in [7, 11) is -2.60. The van der Waals surface area contributed by atoms with Gasteiger partial charge in [0.25, 0.3) is 0 Å². The third-order valence-electron chi connectivity index (χ3n) is 4.83. The van der Waals surface area contributed by atoms with E-state index in [1.54, 1.807) is 19.1 Å². The summed E-state index contributed by atoms with van der Waals surface area (Å²) < 4.78 is 39.2. The number of ether oxygens (including phenoxy) is 2. The number of halogens is 2. The summed E-state index contributed by atoms with van der Waals surface area (Å²) >= 11 is 12.3. The first-order chi connectivity index (χ1) is 16.2. The van der Waals surface area contributed by atoms with Crippen molar-refractivity contribution in [2.24, 2.45) is 0 Å². The molecule has 3 rings (SSSR count). The van der Waals surface area contributed by atoms with Crippen LogP contribution in [0.15, 0.2) is 71.6 Å². The number of nitrogens with one attached hydrogen (secondary N) is 2. The molecule has 0 saturated heterocycles. The number of hydrogen-bond acceptors (Lipinski definition) is 5. The van der Waals surface area contributed by atoms with Crippen LogP contribution in [0.5, 0.6) is 11.5 Å². The van der Waals surface area contributed by atoms with Crippen molar-refractivity contribution in [3.63, 3.8) is 0 Å². The molecule has 0 aliphatic rings. The number of rotatable bonds is 10. The molecule has 0 bridgehead atoms. The van der Waals surface area contributed by atoms with E-state index in [4.69, 9.17) is 32.7 Å². The molecular weight excluding hydrogens is 499 g/mol. The fraction of sp³-hybridized carbons (Fsp3) is 0.208. The van der Waals surface area contributed by atoms with Gasteiger partial charge in [-0.05, 0) is 55.3 Å². The maximum atomic E-state index is 13.1. The third kappa shape index (κ3) is 6.64. The first-order valence-electron chi connectivity index (χ1n) is 10.4. The first kappa shape index (κ1) is 25.8. The van der Waals surface area contributed by atoms with Gasteiger partial charge in [0, 0.05) is 5.69 Å². The standard InChI is InChI=1S/C24H24Cl2N2O5S/c1-3-33-23-12-10-18(15-20(23)26)34(30,31)28-21(13-16-7-5-4-6-8-16)24(29)27-17-9-11-22(32-2)19(25)14-17/h4-12,14-15,21,28H,3,13H2,1-2H3,(H,27,29). The minimum Gasteiger partial charge on any atom is -0.495 e. The van der Waals surface area contributed by atoms with Crippen molar-refractivity contribution in [1.29, 1.82) is 0 Å². The smallest absolute Gasteiger partial charge is 0.242 e. The highest BCUT2D eigenvalue weighted by molar-refractivity contribution is 7.89. The second-order valence-electron chi connectivity index (χ2n) is 7.23. The Labute approximate surface area is 209 Å². The number of carbonyl (C=O) groups is 1. The van der Waals surface area contributed by atoms with Gasteiger partial charge in [0.05, 0.1) is 28.7 Å². The summed E-state index contributed by atoms with van der Waals surface area (Å²) in [6.45, 7) is 2.18. The Morgan fingerprint density at radius 2 is 1.65 bits per heavy atom. The van der Waals surface area contributed by atoms with Gasteiger partial charge in [-0.3, -0.25) is 4.79 Å². The zero-order chi connectivity index (χ0) is 24.7. The molecule has 3 aromatic carbocycles. The van der Waals surface area contributed by atoms with Crippen LogP contribution in [0.3, 0.4) is 0 Å². The molecule has 2 N–H and O–H groups in total. The van der Waals surface area contributed by atoms with E-state index in [2.05, 4.69) is 10.0 Å². The summed E-state index contributed by atoms with van der Waals surface area (Å²) in [5.74, 6) is 0.275. The van der Waals surface area contributed by atoms with Crippen LogP contribution in [-0.2, 0) is 21.2 Å². The van der Waals surface area contributed by atoms with E-state index in [0.29, 0.717) is 28.8 Å². The van der Waals surface area contributed by atoms with Crippen LogP contribution in [-0.4, -0.2) is 34.1 Å². The Balaban J connectivity index is 1.87. The zero-order valence-electron chi connectivity index (χ0n) is 18.5. The molecule has 0 heterocycles. The van der Waals surface area contributed by atoms with Crippen molar-refractivity contribution in [1.82, 2.24) is 4.72 Å². The van der Waals surface area contributed by atoms with Crippen LogP contribution in [0.1, 0.15) is 12.5 Å². The van der Waals surface area contributed by atoms with Gasteiger partial charge >= 0.3 is 0 Å². The van der Waals surface area contributed by atoms with E-state index in [9.17, 15) is 13.2 Å². The van der Waals surface area contributed by atoms with E-state index in [0.717, 1.165) is 5.56 Å². The highest BCUT2D eigenvalue weighted by Gasteiger charge is 2.27. The number of anilines is 1. The van der Waals surface area contributed by atoms with Gasteiger partial charge in [-0.25, -0.2) is 8.42 Å². The van der Waals surface area contributed by atoms with Gasteiger partial charge in [-0.2, -0.15) is 4.72 Å². The van der Waals surface area contributed by atoms with Crippen molar-refractivity contribution in [3.8, 4) is 11.5 Å². The largest absolute Gasteiger partial charge is 0.495 e. The molecule has 0 radical (unpaired) electrons. The second-order valence-corrected chi connectivity index (χ2v) is 9.76. The van der Waals surface area contributed by atoms with Gasteiger partial charge in [0.2, 0.25) is 15.9 Å². The van der Waals surface area contributed by atoms with Crippen molar-refractivity contribution < 1.29 is 22.7 Å². The van der Waals surface area contributed by atoms with Gasteiger partial charge in [0.15, 0.2) is 0 Å². The highest BCUT2D eigenvalue weighted by Crippen LogP contribution is 2.29. The van der Waals surface area contributed by atoms with Crippen molar-refractivity contribution in [2.45, 2.75) is 24.3 Å². The predicted octanol–water partition coefficient (Wildman–Crippen LogP) is 4.93.